The van der Waals surface area contributed by atoms with Crippen LogP contribution in [0, 0.1) is 0 Å². The molecular formula is C29H24N6O6. The lowest BCUT2D eigenvalue weighted by Crippen LogP contribution is -2.51. The Hall–Kier alpha value is -5.52. The van der Waals surface area contributed by atoms with Crippen LogP contribution in [0.1, 0.15) is 47.1 Å². The molecule has 0 radical (unpaired) electrons. The third-order valence-corrected chi connectivity index (χ3v) is 6.42. The van der Waals surface area contributed by atoms with Crippen LogP contribution in [0.25, 0.3) is 21.9 Å². The topological polar surface area (TPSA) is 129 Å². The van der Waals surface area contributed by atoms with E-state index in [4.69, 9.17) is 9.57 Å². The van der Waals surface area contributed by atoms with E-state index in [2.05, 4.69) is 10.3 Å². The number of aromatic nitrogens is 4. The Morgan fingerprint density at radius 3 is 2.15 bits per heavy atom. The number of imide groups is 1. The molecule has 0 aliphatic carbocycles. The average molecular weight is 553 g/mol. The number of hydrogen-bond acceptors (Lipinski definition) is 8. The summed E-state index contributed by atoms with van der Waals surface area (Å²) in [5, 5.41) is 10.1. The molecule has 0 N–H and O–H groups in total. The molecule has 0 unspecified atom stereocenters. The highest BCUT2D eigenvalue weighted by Gasteiger charge is 2.42. The molecule has 0 bridgehead atoms. The van der Waals surface area contributed by atoms with E-state index in [0.29, 0.717) is 27.5 Å². The number of carbonyl (C=O) groups excluding carboxylic acids is 4. The molecule has 0 saturated heterocycles. The molecule has 0 spiro atoms. The van der Waals surface area contributed by atoms with Crippen LogP contribution in [0.2, 0.25) is 0 Å². The number of hydrazine groups is 1. The Labute approximate surface area is 233 Å². The van der Waals surface area contributed by atoms with Crippen molar-refractivity contribution in [3.8, 4) is 0 Å². The molecule has 3 heterocycles. The highest BCUT2D eigenvalue weighted by Crippen LogP contribution is 2.29. The third-order valence-electron chi connectivity index (χ3n) is 6.42. The number of benzene rings is 3. The third kappa shape index (κ3) is 4.54. The first-order chi connectivity index (χ1) is 19.6. The zero-order valence-corrected chi connectivity index (χ0v) is 22.3. The van der Waals surface area contributed by atoms with Gasteiger partial charge < -0.3 is 4.74 Å². The summed E-state index contributed by atoms with van der Waals surface area (Å²) in [4.78, 5) is 60.1. The number of amides is 3. The van der Waals surface area contributed by atoms with Gasteiger partial charge in [0.1, 0.15) is 16.6 Å². The summed E-state index contributed by atoms with van der Waals surface area (Å²) in [6.07, 6.45) is -0.171. The Kier molecular flexibility index (Phi) is 6.02. The lowest BCUT2D eigenvalue weighted by atomic mass is 10.1. The lowest BCUT2D eigenvalue weighted by molar-refractivity contribution is -0.0104. The van der Waals surface area contributed by atoms with Crippen LogP contribution in [0.5, 0.6) is 0 Å². The Balaban J connectivity index is 1.42. The van der Waals surface area contributed by atoms with Gasteiger partial charge in [0.25, 0.3) is 11.8 Å². The van der Waals surface area contributed by atoms with Gasteiger partial charge in [-0.05, 0) is 61.9 Å². The van der Waals surface area contributed by atoms with Crippen molar-refractivity contribution in [3.05, 3.63) is 95.7 Å². The number of rotatable bonds is 4. The number of carbonyl (C=O) groups is 4. The van der Waals surface area contributed by atoms with Gasteiger partial charge in [0.15, 0.2) is 0 Å². The molecule has 12 heteroatoms. The summed E-state index contributed by atoms with van der Waals surface area (Å²) in [6.45, 7) is 4.97. The highest BCUT2D eigenvalue weighted by molar-refractivity contribution is 6.21. The molecule has 5 aromatic rings. The van der Waals surface area contributed by atoms with E-state index in [1.165, 1.54) is 22.9 Å². The van der Waals surface area contributed by atoms with Gasteiger partial charge >= 0.3 is 12.2 Å². The predicted octanol–water partition coefficient (Wildman–Crippen LogP) is 4.43. The molecule has 0 atom stereocenters. The zero-order valence-electron chi connectivity index (χ0n) is 22.3. The SMILES string of the molecule is CC(C)(C)OC(=O)n1cc(CN(C(=O)On2nnc3ccccc32)N2C(=O)c3ccccc3C2=O)c2ccccc21. The summed E-state index contributed by atoms with van der Waals surface area (Å²) in [5.41, 5.74) is 1.42. The first-order valence-corrected chi connectivity index (χ1v) is 12.7. The van der Waals surface area contributed by atoms with Crippen LogP contribution in [0.4, 0.5) is 9.59 Å². The molecule has 2 aromatic heterocycles. The van der Waals surface area contributed by atoms with Gasteiger partial charge in [-0.2, -0.15) is 5.01 Å². The van der Waals surface area contributed by atoms with Crippen LogP contribution in [0.3, 0.4) is 0 Å². The van der Waals surface area contributed by atoms with Crippen LogP contribution < -0.4 is 4.84 Å². The van der Waals surface area contributed by atoms with E-state index < -0.39 is 29.6 Å². The fraction of sp³-hybridized carbons (Fsp3) is 0.172. The van der Waals surface area contributed by atoms with E-state index >= 15 is 0 Å². The molecule has 1 aliphatic heterocycles. The molecule has 1 aliphatic rings. The minimum atomic E-state index is -1.07. The van der Waals surface area contributed by atoms with Crippen molar-refractivity contribution in [3.63, 3.8) is 0 Å². The Bertz CT molecular complexity index is 1830. The number of para-hydroxylation sites is 2. The standard InChI is InChI=1S/C29H24N6O6/c1-29(2,3)40-27(38)32-16-18(19-10-6-8-14-23(19)32)17-33(34-25(36)20-11-4-5-12-21(20)26(34)37)28(39)41-35-24-15-9-7-13-22(24)30-31-35/h4-16H,17H2,1-3H3. The van der Waals surface area contributed by atoms with Gasteiger partial charge in [-0.3, -0.25) is 19.0 Å². The fourth-order valence-electron chi connectivity index (χ4n) is 4.65. The first kappa shape index (κ1) is 25.7. The molecule has 6 rings (SSSR count). The smallest absolute Gasteiger partial charge is 0.443 e. The van der Waals surface area contributed by atoms with Crippen molar-refractivity contribution in [2.24, 2.45) is 0 Å². The second kappa shape index (κ2) is 9.59. The molecule has 0 saturated carbocycles. The van der Waals surface area contributed by atoms with Gasteiger partial charge in [-0.1, -0.05) is 47.3 Å². The summed E-state index contributed by atoms with van der Waals surface area (Å²) in [5.74, 6) is -1.39. The summed E-state index contributed by atoms with van der Waals surface area (Å²) >= 11 is 0. The van der Waals surface area contributed by atoms with E-state index in [0.717, 1.165) is 14.9 Å². The predicted molar refractivity (Wildman–Crippen MR) is 146 cm³/mol. The Morgan fingerprint density at radius 2 is 1.46 bits per heavy atom. The minimum absolute atomic E-state index is 0.151. The van der Waals surface area contributed by atoms with Gasteiger partial charge in [0, 0.05) is 11.6 Å². The monoisotopic (exact) mass is 552 g/mol. The molecule has 206 valence electrons. The lowest BCUT2D eigenvalue weighted by Gasteiger charge is -2.28. The molecule has 41 heavy (non-hydrogen) atoms. The quantitative estimate of drug-likeness (QED) is 0.237. The van der Waals surface area contributed by atoms with Crippen molar-refractivity contribution in [1.82, 2.24) is 29.7 Å². The maximum atomic E-state index is 13.7. The average Bonchev–Trinajstić information content (AvgIpc) is 3.60. The summed E-state index contributed by atoms with van der Waals surface area (Å²) in [6, 6.07) is 20.2. The largest absolute Gasteiger partial charge is 0.455 e. The first-order valence-electron chi connectivity index (χ1n) is 12.7. The van der Waals surface area contributed by atoms with Gasteiger partial charge in [0.2, 0.25) is 0 Å². The van der Waals surface area contributed by atoms with Crippen LogP contribution in [-0.4, -0.2) is 59.3 Å². The fourth-order valence-corrected chi connectivity index (χ4v) is 4.65. The minimum Gasteiger partial charge on any atom is -0.443 e. The van der Waals surface area contributed by atoms with E-state index in [9.17, 15) is 19.2 Å². The molecular weight excluding hydrogens is 528 g/mol. The second-order valence-electron chi connectivity index (χ2n) is 10.4. The van der Waals surface area contributed by atoms with Crippen molar-refractivity contribution in [2.75, 3.05) is 0 Å². The van der Waals surface area contributed by atoms with Gasteiger partial charge in [-0.25, -0.2) is 14.6 Å². The van der Waals surface area contributed by atoms with E-state index in [1.807, 2.05) is 0 Å². The van der Waals surface area contributed by atoms with Crippen molar-refractivity contribution in [1.29, 1.82) is 0 Å². The van der Waals surface area contributed by atoms with Gasteiger partial charge in [-0.15, -0.1) is 5.10 Å². The van der Waals surface area contributed by atoms with Crippen LogP contribution in [0.15, 0.2) is 79.0 Å². The van der Waals surface area contributed by atoms with E-state index in [-0.39, 0.29) is 17.7 Å². The molecule has 3 aromatic carbocycles. The van der Waals surface area contributed by atoms with E-state index in [1.54, 1.807) is 81.4 Å². The zero-order chi connectivity index (χ0) is 28.9. The summed E-state index contributed by atoms with van der Waals surface area (Å²) in [7, 11) is 0. The molecule has 0 fully saturated rings. The van der Waals surface area contributed by atoms with Crippen LogP contribution in [-0.2, 0) is 11.3 Å². The Morgan fingerprint density at radius 1 is 0.854 bits per heavy atom. The molecule has 12 nitrogen and oxygen atoms in total. The second-order valence-corrected chi connectivity index (χ2v) is 10.4. The summed E-state index contributed by atoms with van der Waals surface area (Å²) < 4.78 is 6.89. The maximum Gasteiger partial charge on any atom is 0.455 e. The number of fused-ring (bicyclic) bond motifs is 3. The highest BCUT2D eigenvalue weighted by atomic mass is 16.7. The number of ether oxygens (including phenoxy) is 1. The van der Waals surface area contributed by atoms with Crippen molar-refractivity contribution >= 4 is 45.9 Å². The molecule has 3 amide bonds. The van der Waals surface area contributed by atoms with Crippen molar-refractivity contribution in [2.45, 2.75) is 32.9 Å². The van der Waals surface area contributed by atoms with Crippen molar-refractivity contribution < 1.29 is 28.8 Å². The normalized spacial score (nSPS) is 13.1. The number of nitrogens with zero attached hydrogens (tertiary/aromatic N) is 6. The number of hydrogen-bond donors (Lipinski definition) is 0. The van der Waals surface area contributed by atoms with Gasteiger partial charge in [0.05, 0.1) is 23.2 Å². The van der Waals surface area contributed by atoms with Crippen LogP contribution >= 0.6 is 0 Å². The maximum absolute atomic E-state index is 13.7.